The van der Waals surface area contributed by atoms with Gasteiger partial charge in [0.25, 0.3) is 0 Å². The van der Waals surface area contributed by atoms with Crippen LogP contribution in [0, 0.1) is 5.82 Å². The Bertz CT molecular complexity index is 1010. The molecule has 0 spiro atoms. The van der Waals surface area contributed by atoms with Gasteiger partial charge in [-0.25, -0.2) is 4.39 Å². The van der Waals surface area contributed by atoms with E-state index in [4.69, 9.17) is 2.97 Å². The minimum absolute atomic E-state index is 0.132. The van der Waals surface area contributed by atoms with E-state index < -0.39 is 6.36 Å². The third kappa shape index (κ3) is 3.96. The number of benzene rings is 3. The predicted molar refractivity (Wildman–Crippen MR) is 102 cm³/mol. The molecule has 0 fully saturated rings. The Hall–Kier alpha value is -3.02. The summed E-state index contributed by atoms with van der Waals surface area (Å²) in [6, 6.07) is 18.1. The molecule has 28 heavy (non-hydrogen) atoms. The molecule has 0 aliphatic carbocycles. The third-order valence-corrected chi connectivity index (χ3v) is 4.82. The van der Waals surface area contributed by atoms with Crippen molar-refractivity contribution in [3.63, 3.8) is 0 Å². The third-order valence-electron chi connectivity index (χ3n) is 4.82. The summed E-state index contributed by atoms with van der Waals surface area (Å²) < 4.78 is 65.1. The van der Waals surface area contributed by atoms with Crippen molar-refractivity contribution in [1.29, 1.82) is 0 Å². The van der Waals surface area contributed by atoms with Gasteiger partial charge in [0.1, 0.15) is 11.6 Å². The number of hydrogen-bond donors (Lipinski definition) is 1. The molecule has 0 saturated heterocycles. The number of alkyl halides is 3. The van der Waals surface area contributed by atoms with Crippen LogP contribution < -0.4 is 10.1 Å². The first-order valence-electron chi connectivity index (χ1n) is 9.89. The Morgan fingerprint density at radius 2 is 1.79 bits per heavy atom. The van der Waals surface area contributed by atoms with Crippen molar-refractivity contribution in [2.75, 3.05) is 5.32 Å². The van der Waals surface area contributed by atoms with Crippen molar-refractivity contribution in [2.45, 2.75) is 25.2 Å². The Labute approximate surface area is 162 Å². The summed E-state index contributed by atoms with van der Waals surface area (Å²) in [5.41, 5.74) is 4.46. The number of hydrogen-bond acceptors (Lipinski definition) is 2. The largest absolute Gasteiger partial charge is 0.573 e. The maximum atomic E-state index is 13.6. The molecule has 0 bridgehead atoms. The molecule has 1 atom stereocenters. The molecule has 1 N–H and O–H groups in total. The highest BCUT2D eigenvalue weighted by Gasteiger charge is 2.31. The highest BCUT2D eigenvalue weighted by molar-refractivity contribution is 5.75. The summed E-state index contributed by atoms with van der Waals surface area (Å²) in [4.78, 5) is 0. The number of ether oxygens (including phenoxy) is 1. The maximum absolute atomic E-state index is 13.6. The van der Waals surface area contributed by atoms with E-state index in [-0.39, 0.29) is 17.6 Å². The maximum Gasteiger partial charge on any atom is 0.573 e. The zero-order chi connectivity index (χ0) is 21.7. The van der Waals surface area contributed by atoms with Crippen molar-refractivity contribution >= 4 is 5.69 Å². The van der Waals surface area contributed by atoms with Gasteiger partial charge in [0, 0.05) is 8.66 Å². The smallest absolute Gasteiger partial charge is 0.406 e. The van der Waals surface area contributed by atoms with Gasteiger partial charge < -0.3 is 10.1 Å². The molecule has 0 amide bonds. The van der Waals surface area contributed by atoms with Crippen LogP contribution in [-0.4, -0.2) is 6.36 Å². The molecule has 3 aromatic carbocycles. The van der Waals surface area contributed by atoms with Gasteiger partial charge in [-0.2, -0.15) is 0 Å². The molecule has 1 heterocycles. The van der Waals surface area contributed by atoms with Crippen LogP contribution in [-0.2, 0) is 6.42 Å². The van der Waals surface area contributed by atoms with Crippen molar-refractivity contribution in [2.24, 2.45) is 0 Å². The van der Waals surface area contributed by atoms with Gasteiger partial charge in [-0.3, -0.25) is 0 Å². The van der Waals surface area contributed by atoms with E-state index in [2.05, 4.69) is 10.1 Å². The molecule has 1 unspecified atom stereocenters. The molecule has 2 nitrogen and oxygen atoms in total. The van der Waals surface area contributed by atoms with E-state index in [1.807, 2.05) is 24.3 Å². The van der Waals surface area contributed by atoms with Gasteiger partial charge in [-0.1, -0.05) is 36.4 Å². The Morgan fingerprint density at radius 1 is 1.00 bits per heavy atom. The van der Waals surface area contributed by atoms with Gasteiger partial charge >= 0.3 is 6.36 Å². The van der Waals surface area contributed by atoms with Crippen LogP contribution >= 0.6 is 0 Å². The molecule has 0 radical (unpaired) electrons. The number of anilines is 1. The Kier molecular flexibility index (Phi) is 4.39. The van der Waals surface area contributed by atoms with Crippen LogP contribution in [0.1, 0.15) is 26.6 Å². The monoisotopic (exact) mass is 391 g/mol. The molecule has 0 aromatic heterocycles. The van der Waals surface area contributed by atoms with Gasteiger partial charge in [0.2, 0.25) is 0 Å². The lowest BCUT2D eigenvalue weighted by Crippen LogP contribution is -2.20. The zero-order valence-corrected chi connectivity index (χ0v) is 14.8. The molecule has 146 valence electrons. The molecule has 0 saturated carbocycles. The second-order valence-corrected chi connectivity index (χ2v) is 6.70. The first kappa shape index (κ1) is 17.1. The number of halogens is 4. The van der Waals surface area contributed by atoms with Gasteiger partial charge in [0.15, 0.2) is 0 Å². The molecule has 1 aliphatic rings. The molecule has 3 aromatic rings. The normalized spacial score (nSPS) is 16.5. The fraction of sp³-hybridized carbons (Fsp3) is 0.182. The van der Waals surface area contributed by atoms with Gasteiger partial charge in [-0.05, 0) is 65.4 Å². The number of rotatable bonds is 3. The fourth-order valence-corrected chi connectivity index (χ4v) is 3.64. The summed E-state index contributed by atoms with van der Waals surface area (Å²) in [6.45, 7) is 0. The van der Waals surface area contributed by atoms with E-state index in [0.717, 1.165) is 34.4 Å². The van der Waals surface area contributed by atoms with E-state index in [1.54, 1.807) is 18.2 Å². The fourth-order valence-electron chi connectivity index (χ4n) is 3.64. The zero-order valence-electron chi connectivity index (χ0n) is 16.8. The minimum Gasteiger partial charge on any atom is -0.406 e. The van der Waals surface area contributed by atoms with E-state index in [0.29, 0.717) is 6.42 Å². The van der Waals surface area contributed by atoms with Gasteiger partial charge in [0.05, 0.1) is 6.04 Å². The lowest BCUT2D eigenvalue weighted by molar-refractivity contribution is -0.274. The highest BCUT2D eigenvalue weighted by atomic mass is 19.4. The second-order valence-electron chi connectivity index (χ2n) is 6.70. The summed E-state index contributed by atoms with van der Waals surface area (Å²) in [5, 5.41) is 3.40. The van der Waals surface area contributed by atoms with E-state index in [1.165, 1.54) is 24.3 Å². The summed E-state index contributed by atoms with van der Waals surface area (Å²) in [7, 11) is 0. The Balaban J connectivity index is 0.00000124. The minimum atomic E-state index is -4.72. The molecular formula is C22H19F4NO. The lowest BCUT2D eigenvalue weighted by Gasteiger charge is -2.29. The quantitative estimate of drug-likeness (QED) is 0.500. The SMILES string of the molecule is Fc1cccc(-c2cccc3c2CCC(c2cccc(OC(F)(F)F)c2)N3)c1.[2H][2H]. The average molecular weight is 391 g/mol. The molecule has 6 heteroatoms. The van der Waals surface area contributed by atoms with Crippen LogP contribution in [0.4, 0.5) is 23.2 Å². The van der Waals surface area contributed by atoms with Crippen LogP contribution in [0.25, 0.3) is 11.1 Å². The first-order chi connectivity index (χ1) is 14.4. The van der Waals surface area contributed by atoms with E-state index >= 15 is 0 Å². The van der Waals surface area contributed by atoms with Crippen molar-refractivity contribution in [3.05, 3.63) is 83.7 Å². The van der Waals surface area contributed by atoms with Crippen LogP contribution in [0.2, 0.25) is 0 Å². The highest BCUT2D eigenvalue weighted by Crippen LogP contribution is 2.39. The van der Waals surface area contributed by atoms with Crippen molar-refractivity contribution in [1.82, 2.24) is 0 Å². The molecule has 4 rings (SSSR count). The van der Waals surface area contributed by atoms with Crippen LogP contribution in [0.5, 0.6) is 5.75 Å². The van der Waals surface area contributed by atoms with Crippen LogP contribution in [0.15, 0.2) is 66.7 Å². The Morgan fingerprint density at radius 3 is 2.57 bits per heavy atom. The predicted octanol–water partition coefficient (Wildman–Crippen LogP) is 6.74. The van der Waals surface area contributed by atoms with Gasteiger partial charge in [-0.15, -0.1) is 13.2 Å². The van der Waals surface area contributed by atoms with Crippen molar-refractivity contribution in [3.8, 4) is 16.9 Å². The van der Waals surface area contributed by atoms with Crippen molar-refractivity contribution < 1.29 is 25.3 Å². The second kappa shape index (κ2) is 7.19. The summed E-state index contributed by atoms with van der Waals surface area (Å²) in [5.74, 6) is -0.524. The summed E-state index contributed by atoms with van der Waals surface area (Å²) in [6.07, 6.45) is -3.29. The first-order valence-corrected chi connectivity index (χ1v) is 8.89. The average Bonchev–Trinajstić information content (AvgIpc) is 2.73. The number of fused-ring (bicyclic) bond motifs is 1. The van der Waals surface area contributed by atoms with E-state index in [9.17, 15) is 17.6 Å². The standard InChI is InChI=1S/C22H17F4NO.H2/c23-16-6-1-4-14(12-16)18-8-3-9-21-19(18)10-11-20(27-21)15-5-2-7-17(13-15)28-22(24,25)26;/h1-9,12-13,20,27H,10-11H2;1H/i;1+1D. The molecule has 1 aliphatic heterocycles. The van der Waals surface area contributed by atoms with Crippen LogP contribution in [0.3, 0.4) is 0 Å². The lowest BCUT2D eigenvalue weighted by atomic mass is 9.88. The topological polar surface area (TPSA) is 21.3 Å². The number of nitrogens with one attached hydrogen (secondary N) is 1. The summed E-state index contributed by atoms with van der Waals surface area (Å²) >= 11 is 0. The molecular weight excluding hydrogens is 370 g/mol.